The van der Waals surface area contributed by atoms with Gasteiger partial charge >= 0.3 is 5.97 Å². The van der Waals surface area contributed by atoms with E-state index in [9.17, 15) is 9.59 Å². The molecule has 0 aliphatic rings. The lowest BCUT2D eigenvalue weighted by Crippen LogP contribution is -2.07. The van der Waals surface area contributed by atoms with E-state index in [1.54, 1.807) is 12.1 Å². The van der Waals surface area contributed by atoms with Crippen LogP contribution < -0.4 is 5.32 Å². The molecule has 0 saturated heterocycles. The average Bonchev–Trinajstić information content (AvgIpc) is 2.67. The minimum atomic E-state index is -0.385. The third kappa shape index (κ3) is 11.0. The molecule has 0 aromatic heterocycles. The van der Waals surface area contributed by atoms with Gasteiger partial charge in [-0.2, -0.15) is 0 Å². The van der Waals surface area contributed by atoms with Crippen LogP contribution in [0, 0.1) is 0 Å². The standard InChI is InChI=1S/C22H34ClNO3/c1-2-3-4-5-6-7-8-9-10-11-12-13-16-27-22(26)19-14-15-20(23)21(17-19)24-18-25/h14-15,17-18H,2-13,16H2,1H3,(H,24,25). The van der Waals surface area contributed by atoms with E-state index in [-0.39, 0.29) is 5.97 Å². The van der Waals surface area contributed by atoms with E-state index in [1.165, 1.54) is 70.3 Å². The Kier molecular flexibility index (Phi) is 13.5. The van der Waals surface area contributed by atoms with E-state index in [4.69, 9.17) is 16.3 Å². The third-order valence-corrected chi connectivity index (χ3v) is 4.98. The number of amides is 1. The monoisotopic (exact) mass is 395 g/mol. The zero-order valence-corrected chi connectivity index (χ0v) is 17.4. The summed E-state index contributed by atoms with van der Waals surface area (Å²) < 4.78 is 5.29. The van der Waals surface area contributed by atoms with Gasteiger partial charge in [-0.05, 0) is 24.6 Å². The Morgan fingerprint density at radius 1 is 0.963 bits per heavy atom. The zero-order valence-electron chi connectivity index (χ0n) is 16.6. The molecule has 1 rings (SSSR count). The lowest BCUT2D eigenvalue weighted by molar-refractivity contribution is -0.105. The molecule has 0 aliphatic heterocycles. The molecule has 1 amide bonds. The van der Waals surface area contributed by atoms with Crippen LogP contribution in [0.1, 0.15) is 94.3 Å². The number of esters is 1. The van der Waals surface area contributed by atoms with Crippen LogP contribution in [0.4, 0.5) is 5.69 Å². The molecule has 0 radical (unpaired) electrons. The maximum atomic E-state index is 12.0. The lowest BCUT2D eigenvalue weighted by Gasteiger charge is -2.07. The van der Waals surface area contributed by atoms with Gasteiger partial charge in [-0.25, -0.2) is 4.79 Å². The molecular weight excluding hydrogens is 362 g/mol. The Labute approximate surface area is 169 Å². The summed E-state index contributed by atoms with van der Waals surface area (Å²) in [5, 5.41) is 2.86. The SMILES string of the molecule is CCCCCCCCCCCCCCOC(=O)c1ccc(Cl)c(NC=O)c1. The Bertz CT molecular complexity index is 548. The topological polar surface area (TPSA) is 55.4 Å². The quantitative estimate of drug-likeness (QED) is 0.191. The first-order chi connectivity index (χ1) is 13.2. The van der Waals surface area contributed by atoms with E-state index in [2.05, 4.69) is 12.2 Å². The van der Waals surface area contributed by atoms with Crippen molar-refractivity contribution < 1.29 is 14.3 Å². The molecule has 0 unspecified atom stereocenters. The van der Waals surface area contributed by atoms with Crippen LogP contribution in [0.3, 0.4) is 0 Å². The highest BCUT2D eigenvalue weighted by Gasteiger charge is 2.10. The summed E-state index contributed by atoms with van der Waals surface area (Å²) in [6.07, 6.45) is 15.8. The maximum Gasteiger partial charge on any atom is 0.338 e. The molecule has 0 heterocycles. The van der Waals surface area contributed by atoms with E-state index in [0.717, 1.165) is 12.8 Å². The minimum Gasteiger partial charge on any atom is -0.462 e. The predicted molar refractivity (Wildman–Crippen MR) is 112 cm³/mol. The number of carbonyl (C=O) groups is 2. The molecule has 1 aromatic carbocycles. The van der Waals surface area contributed by atoms with Crippen LogP contribution in [-0.2, 0) is 9.53 Å². The van der Waals surface area contributed by atoms with Gasteiger partial charge in [0.15, 0.2) is 0 Å². The Morgan fingerprint density at radius 2 is 1.52 bits per heavy atom. The zero-order chi connectivity index (χ0) is 19.7. The molecule has 5 heteroatoms. The molecule has 0 spiro atoms. The van der Waals surface area contributed by atoms with Crippen molar-refractivity contribution >= 4 is 29.7 Å². The van der Waals surface area contributed by atoms with E-state index in [1.807, 2.05) is 0 Å². The molecule has 4 nitrogen and oxygen atoms in total. The number of halogens is 1. The van der Waals surface area contributed by atoms with Gasteiger partial charge in [0.2, 0.25) is 6.41 Å². The summed E-state index contributed by atoms with van der Waals surface area (Å²) in [4.78, 5) is 22.6. The van der Waals surface area contributed by atoms with Gasteiger partial charge in [0, 0.05) is 0 Å². The number of unbranched alkanes of at least 4 members (excludes halogenated alkanes) is 11. The smallest absolute Gasteiger partial charge is 0.338 e. The van der Waals surface area contributed by atoms with Crippen LogP contribution in [-0.4, -0.2) is 19.0 Å². The van der Waals surface area contributed by atoms with Crippen molar-refractivity contribution in [3.8, 4) is 0 Å². The number of anilines is 1. The first-order valence-corrected chi connectivity index (χ1v) is 10.7. The summed E-state index contributed by atoms with van der Waals surface area (Å²) in [6, 6.07) is 4.71. The Hall–Kier alpha value is -1.55. The Morgan fingerprint density at radius 3 is 2.07 bits per heavy atom. The second kappa shape index (κ2) is 15.5. The van der Waals surface area contributed by atoms with Crippen LogP contribution >= 0.6 is 11.6 Å². The van der Waals surface area contributed by atoms with E-state index < -0.39 is 0 Å². The number of hydrogen-bond acceptors (Lipinski definition) is 3. The highest BCUT2D eigenvalue weighted by molar-refractivity contribution is 6.33. The summed E-state index contributed by atoms with van der Waals surface area (Å²) in [6.45, 7) is 2.68. The summed E-state index contributed by atoms with van der Waals surface area (Å²) in [7, 11) is 0. The first kappa shape index (κ1) is 23.5. The lowest BCUT2D eigenvalue weighted by atomic mass is 10.1. The highest BCUT2D eigenvalue weighted by Crippen LogP contribution is 2.23. The number of carbonyl (C=O) groups excluding carboxylic acids is 2. The fraction of sp³-hybridized carbons (Fsp3) is 0.636. The number of hydrogen-bond donors (Lipinski definition) is 1. The van der Waals surface area contributed by atoms with Crippen molar-refractivity contribution in [2.24, 2.45) is 0 Å². The number of ether oxygens (including phenoxy) is 1. The molecule has 1 N–H and O–H groups in total. The van der Waals surface area contributed by atoms with Crippen LogP contribution in [0.2, 0.25) is 5.02 Å². The summed E-state index contributed by atoms with van der Waals surface area (Å²) in [5.74, 6) is -0.385. The Balaban J connectivity index is 2.03. The van der Waals surface area contributed by atoms with Crippen molar-refractivity contribution in [1.82, 2.24) is 0 Å². The van der Waals surface area contributed by atoms with Crippen LogP contribution in [0.5, 0.6) is 0 Å². The first-order valence-electron chi connectivity index (χ1n) is 10.4. The van der Waals surface area contributed by atoms with Gasteiger partial charge in [-0.15, -0.1) is 0 Å². The minimum absolute atomic E-state index is 0.385. The highest BCUT2D eigenvalue weighted by atomic mass is 35.5. The van der Waals surface area contributed by atoms with Crippen molar-refractivity contribution in [3.05, 3.63) is 28.8 Å². The molecule has 27 heavy (non-hydrogen) atoms. The molecule has 0 bridgehead atoms. The normalized spacial score (nSPS) is 10.6. The van der Waals surface area contributed by atoms with Gasteiger partial charge in [-0.1, -0.05) is 89.2 Å². The molecule has 1 aromatic rings. The van der Waals surface area contributed by atoms with Gasteiger partial charge in [-0.3, -0.25) is 4.79 Å². The molecular formula is C22H34ClNO3. The number of benzene rings is 1. The van der Waals surface area contributed by atoms with Crippen LogP contribution in [0.15, 0.2) is 18.2 Å². The van der Waals surface area contributed by atoms with Crippen molar-refractivity contribution in [1.29, 1.82) is 0 Å². The van der Waals surface area contributed by atoms with Crippen LogP contribution in [0.25, 0.3) is 0 Å². The van der Waals surface area contributed by atoms with E-state index >= 15 is 0 Å². The third-order valence-electron chi connectivity index (χ3n) is 4.65. The number of rotatable bonds is 16. The van der Waals surface area contributed by atoms with Crippen molar-refractivity contribution in [2.45, 2.75) is 84.0 Å². The van der Waals surface area contributed by atoms with Gasteiger partial charge in [0.05, 0.1) is 22.9 Å². The van der Waals surface area contributed by atoms with Crippen molar-refractivity contribution in [2.75, 3.05) is 11.9 Å². The van der Waals surface area contributed by atoms with Crippen molar-refractivity contribution in [3.63, 3.8) is 0 Å². The molecule has 0 aliphatic carbocycles. The van der Waals surface area contributed by atoms with E-state index in [0.29, 0.717) is 29.3 Å². The molecule has 0 fully saturated rings. The van der Waals surface area contributed by atoms with Gasteiger partial charge in [0.25, 0.3) is 0 Å². The largest absolute Gasteiger partial charge is 0.462 e. The summed E-state index contributed by atoms with van der Waals surface area (Å²) in [5.41, 5.74) is 0.800. The van der Waals surface area contributed by atoms with Gasteiger partial charge < -0.3 is 10.1 Å². The average molecular weight is 396 g/mol. The maximum absolute atomic E-state index is 12.0. The molecule has 0 saturated carbocycles. The fourth-order valence-electron chi connectivity index (χ4n) is 3.02. The van der Waals surface area contributed by atoms with Gasteiger partial charge in [0.1, 0.15) is 0 Å². The second-order valence-electron chi connectivity index (χ2n) is 6.98. The molecule has 152 valence electrons. The second-order valence-corrected chi connectivity index (χ2v) is 7.39. The summed E-state index contributed by atoms with van der Waals surface area (Å²) >= 11 is 5.94. The fourth-order valence-corrected chi connectivity index (χ4v) is 3.19. The predicted octanol–water partition coefficient (Wildman–Crippen LogP) is 6.77. The molecule has 0 atom stereocenters. The number of nitrogens with one attached hydrogen (secondary N) is 1.